The predicted octanol–water partition coefficient (Wildman–Crippen LogP) is 3.92. The fourth-order valence-electron chi connectivity index (χ4n) is 3.83. The number of rotatable bonds is 4. The number of aromatic nitrogens is 1. The van der Waals surface area contributed by atoms with Crippen LogP contribution in [0, 0.1) is 6.92 Å². The summed E-state index contributed by atoms with van der Waals surface area (Å²) in [5, 5.41) is 6.71. The van der Waals surface area contributed by atoms with E-state index in [0.29, 0.717) is 28.7 Å². The maximum absolute atomic E-state index is 13.1. The van der Waals surface area contributed by atoms with Gasteiger partial charge in [0, 0.05) is 28.9 Å². The number of halogens is 1. The average molecular weight is 455 g/mol. The fraction of sp³-hybridized carbons (Fsp3) is 0.474. The van der Waals surface area contributed by atoms with Crippen molar-refractivity contribution in [3.63, 3.8) is 0 Å². The van der Waals surface area contributed by atoms with E-state index >= 15 is 0 Å². The Kier molecular flexibility index (Phi) is 5.83. The Morgan fingerprint density at radius 3 is 2.83 bits per heavy atom. The molecule has 2 aliphatic rings. The van der Waals surface area contributed by atoms with E-state index in [0.717, 1.165) is 36.3 Å². The smallest absolute Gasteiger partial charge is 0.321 e. The third-order valence-corrected chi connectivity index (χ3v) is 8.84. The molecule has 0 radical (unpaired) electrons. The van der Waals surface area contributed by atoms with E-state index in [1.54, 1.807) is 25.1 Å². The second kappa shape index (κ2) is 8.22. The Hall–Kier alpha value is -1.68. The normalized spacial score (nSPS) is 17.9. The van der Waals surface area contributed by atoms with Gasteiger partial charge in [0.05, 0.1) is 17.1 Å². The summed E-state index contributed by atoms with van der Waals surface area (Å²) in [6, 6.07) is 4.89. The molecule has 0 spiro atoms. The Balaban J connectivity index is 1.47. The van der Waals surface area contributed by atoms with Crippen molar-refractivity contribution in [3.8, 4) is 0 Å². The van der Waals surface area contributed by atoms with Crippen molar-refractivity contribution in [2.45, 2.75) is 56.5 Å². The first kappa shape index (κ1) is 20.6. The van der Waals surface area contributed by atoms with E-state index in [-0.39, 0.29) is 23.5 Å². The van der Waals surface area contributed by atoms with Gasteiger partial charge in [0.2, 0.25) is 10.0 Å². The highest BCUT2D eigenvalue weighted by Crippen LogP contribution is 2.33. The highest BCUT2D eigenvalue weighted by molar-refractivity contribution is 7.89. The van der Waals surface area contributed by atoms with Crippen LogP contribution in [0.15, 0.2) is 23.1 Å². The third kappa shape index (κ3) is 4.28. The Bertz CT molecular complexity index is 1030. The summed E-state index contributed by atoms with van der Waals surface area (Å²) in [7, 11) is -3.66. The summed E-state index contributed by atoms with van der Waals surface area (Å²) < 4.78 is 27.7. The summed E-state index contributed by atoms with van der Waals surface area (Å²) in [5.41, 5.74) is 1.40. The van der Waals surface area contributed by atoms with Gasteiger partial charge < -0.3 is 5.32 Å². The van der Waals surface area contributed by atoms with Gasteiger partial charge in [-0.25, -0.2) is 18.2 Å². The number of carbonyl (C=O) groups is 1. The molecule has 29 heavy (non-hydrogen) atoms. The van der Waals surface area contributed by atoms with Crippen molar-refractivity contribution in [2.75, 3.05) is 11.9 Å². The van der Waals surface area contributed by atoms with Crippen LogP contribution in [0.5, 0.6) is 0 Å². The molecule has 1 aliphatic carbocycles. The van der Waals surface area contributed by atoms with Crippen molar-refractivity contribution >= 4 is 44.1 Å². The van der Waals surface area contributed by atoms with E-state index < -0.39 is 10.0 Å². The molecule has 2 heterocycles. The molecule has 156 valence electrons. The van der Waals surface area contributed by atoms with Gasteiger partial charge in [-0.3, -0.25) is 5.32 Å². The lowest BCUT2D eigenvalue weighted by Gasteiger charge is -2.26. The number of urea groups is 1. The van der Waals surface area contributed by atoms with Crippen LogP contribution in [0.2, 0.25) is 5.02 Å². The minimum atomic E-state index is -3.66. The van der Waals surface area contributed by atoms with Crippen LogP contribution in [-0.4, -0.2) is 36.3 Å². The molecule has 7 nitrogen and oxygen atoms in total. The van der Waals surface area contributed by atoms with E-state index in [4.69, 9.17) is 11.6 Å². The lowest BCUT2D eigenvalue weighted by atomic mass is 10.2. The highest BCUT2D eigenvalue weighted by atomic mass is 35.5. The van der Waals surface area contributed by atoms with Gasteiger partial charge in [0.1, 0.15) is 0 Å². The molecular weight excluding hydrogens is 432 g/mol. The zero-order valence-electron chi connectivity index (χ0n) is 16.1. The molecule has 1 fully saturated rings. The third-order valence-electron chi connectivity index (χ3n) is 5.44. The molecule has 0 bridgehead atoms. The van der Waals surface area contributed by atoms with Crippen molar-refractivity contribution in [2.24, 2.45) is 0 Å². The van der Waals surface area contributed by atoms with E-state index in [1.165, 1.54) is 15.6 Å². The van der Waals surface area contributed by atoms with Crippen molar-refractivity contribution in [1.82, 2.24) is 14.6 Å². The van der Waals surface area contributed by atoms with Crippen LogP contribution in [0.25, 0.3) is 0 Å². The van der Waals surface area contributed by atoms with Crippen LogP contribution in [0.4, 0.5) is 9.93 Å². The summed E-state index contributed by atoms with van der Waals surface area (Å²) in [4.78, 5) is 17.8. The number of fused-ring (bicyclic) bond motifs is 1. The molecule has 1 aromatic heterocycles. The maximum atomic E-state index is 13.1. The number of nitrogens with one attached hydrogen (secondary N) is 2. The molecule has 1 saturated carbocycles. The number of hydrogen-bond donors (Lipinski definition) is 2. The second-order valence-electron chi connectivity index (χ2n) is 7.42. The van der Waals surface area contributed by atoms with E-state index in [2.05, 4.69) is 15.6 Å². The van der Waals surface area contributed by atoms with Gasteiger partial charge in [-0.05, 0) is 37.5 Å². The number of nitrogens with zero attached hydrogens (tertiary/aromatic N) is 2. The average Bonchev–Trinajstić information content (AvgIpc) is 3.32. The minimum Gasteiger partial charge on any atom is -0.335 e. The van der Waals surface area contributed by atoms with Crippen LogP contribution < -0.4 is 10.6 Å². The summed E-state index contributed by atoms with van der Waals surface area (Å²) in [6.45, 7) is 2.30. The topological polar surface area (TPSA) is 91.4 Å². The first-order valence-electron chi connectivity index (χ1n) is 9.66. The molecule has 0 unspecified atom stereocenters. The van der Waals surface area contributed by atoms with Crippen LogP contribution in [0.1, 0.15) is 41.8 Å². The number of anilines is 1. The Labute approximate surface area is 179 Å². The predicted molar refractivity (Wildman–Crippen MR) is 114 cm³/mol. The molecule has 4 rings (SSSR count). The van der Waals surface area contributed by atoms with Crippen molar-refractivity contribution < 1.29 is 13.2 Å². The van der Waals surface area contributed by atoms with Crippen molar-refractivity contribution in [3.05, 3.63) is 39.4 Å². The zero-order chi connectivity index (χ0) is 20.6. The molecular formula is C19H23ClN4O3S2. The van der Waals surface area contributed by atoms with Gasteiger partial charge in [-0.2, -0.15) is 4.31 Å². The minimum absolute atomic E-state index is 0.228. The number of benzene rings is 1. The number of amides is 2. The fourth-order valence-corrected chi connectivity index (χ4v) is 6.81. The molecule has 0 saturated heterocycles. The highest BCUT2D eigenvalue weighted by Gasteiger charge is 2.32. The first-order valence-corrected chi connectivity index (χ1v) is 12.3. The molecule has 2 amide bonds. The number of hydrogen-bond acceptors (Lipinski definition) is 5. The van der Waals surface area contributed by atoms with Crippen molar-refractivity contribution in [1.29, 1.82) is 0 Å². The lowest BCUT2D eigenvalue weighted by molar-refractivity contribution is 0.248. The monoisotopic (exact) mass is 454 g/mol. The summed E-state index contributed by atoms with van der Waals surface area (Å²) in [5.74, 6) is 0. The van der Waals surface area contributed by atoms with Gasteiger partial charge in [0.25, 0.3) is 0 Å². The molecule has 1 aromatic carbocycles. The SMILES string of the molecule is Cc1c(Cl)cccc1S(=O)(=O)N1CCc2nc(NC(=O)NC3CCCC3)sc2C1. The molecule has 1 aliphatic heterocycles. The van der Waals surface area contributed by atoms with Gasteiger partial charge in [-0.1, -0.05) is 41.8 Å². The Morgan fingerprint density at radius 1 is 1.31 bits per heavy atom. The van der Waals surface area contributed by atoms with E-state index in [1.807, 2.05) is 0 Å². The number of thiazole rings is 1. The van der Waals surface area contributed by atoms with Crippen LogP contribution in [-0.2, 0) is 23.0 Å². The molecule has 10 heteroatoms. The van der Waals surface area contributed by atoms with Gasteiger partial charge in [-0.15, -0.1) is 0 Å². The summed E-state index contributed by atoms with van der Waals surface area (Å²) >= 11 is 7.44. The summed E-state index contributed by atoms with van der Waals surface area (Å²) in [6.07, 6.45) is 4.82. The quantitative estimate of drug-likeness (QED) is 0.732. The molecule has 2 N–H and O–H groups in total. The maximum Gasteiger partial charge on any atom is 0.321 e. The standard InChI is InChI=1S/C19H23ClN4O3S2/c1-12-14(20)7-4-8-17(12)29(26,27)24-10-9-15-16(11-24)28-19(22-15)23-18(25)21-13-5-2-3-6-13/h4,7-8,13H,2-3,5-6,9-11H2,1H3,(H2,21,22,23,25). The zero-order valence-corrected chi connectivity index (χ0v) is 18.5. The molecule has 2 aromatic rings. The van der Waals surface area contributed by atoms with Gasteiger partial charge >= 0.3 is 6.03 Å². The number of sulfonamides is 1. The van der Waals surface area contributed by atoms with E-state index in [9.17, 15) is 13.2 Å². The van der Waals surface area contributed by atoms with Crippen LogP contribution >= 0.6 is 22.9 Å². The largest absolute Gasteiger partial charge is 0.335 e. The second-order valence-corrected chi connectivity index (χ2v) is 10.8. The molecule has 0 atom stereocenters. The first-order chi connectivity index (χ1) is 13.8. The lowest BCUT2D eigenvalue weighted by Crippen LogP contribution is -2.36. The Morgan fingerprint density at radius 2 is 2.07 bits per heavy atom. The van der Waals surface area contributed by atoms with Gasteiger partial charge in [0.15, 0.2) is 5.13 Å². The number of carbonyl (C=O) groups excluding carboxylic acids is 1. The van der Waals surface area contributed by atoms with Crippen LogP contribution in [0.3, 0.4) is 0 Å².